The van der Waals surface area contributed by atoms with E-state index in [1.165, 1.54) is 6.07 Å². The van der Waals surface area contributed by atoms with E-state index in [0.29, 0.717) is 17.2 Å². The van der Waals surface area contributed by atoms with Crippen molar-refractivity contribution in [3.63, 3.8) is 0 Å². The smallest absolute Gasteiger partial charge is 0.251 e. The van der Waals surface area contributed by atoms with Gasteiger partial charge in [0.05, 0.1) is 15.7 Å². The predicted octanol–water partition coefficient (Wildman–Crippen LogP) is 3.12. The van der Waals surface area contributed by atoms with Crippen LogP contribution in [0.3, 0.4) is 0 Å². The van der Waals surface area contributed by atoms with Crippen molar-refractivity contribution < 1.29 is 9.53 Å². The van der Waals surface area contributed by atoms with Crippen LogP contribution in [-0.4, -0.2) is 25.2 Å². The molecule has 0 spiro atoms. The van der Waals surface area contributed by atoms with E-state index in [9.17, 15) is 4.79 Å². The largest absolute Gasteiger partial charge is 0.397 e. The normalized spacial score (nSPS) is 17.8. The van der Waals surface area contributed by atoms with E-state index in [4.69, 9.17) is 33.7 Å². The molecule has 1 aromatic carbocycles. The van der Waals surface area contributed by atoms with Crippen LogP contribution in [0.15, 0.2) is 12.1 Å². The Morgan fingerprint density at radius 3 is 2.65 bits per heavy atom. The zero-order chi connectivity index (χ0) is 14.7. The molecule has 20 heavy (non-hydrogen) atoms. The molecule has 1 atom stereocenters. The quantitative estimate of drug-likeness (QED) is 0.842. The summed E-state index contributed by atoms with van der Waals surface area (Å²) in [6.07, 6.45) is 1.93. The molecule has 0 aromatic heterocycles. The third-order valence-electron chi connectivity index (χ3n) is 3.65. The van der Waals surface area contributed by atoms with E-state index in [2.05, 4.69) is 5.32 Å². The molecule has 2 rings (SSSR count). The van der Waals surface area contributed by atoms with Crippen molar-refractivity contribution in [2.45, 2.75) is 25.8 Å². The molecular weight excluding hydrogens is 299 g/mol. The van der Waals surface area contributed by atoms with Crippen molar-refractivity contribution >= 4 is 34.8 Å². The fourth-order valence-corrected chi connectivity index (χ4v) is 2.70. The van der Waals surface area contributed by atoms with Crippen molar-refractivity contribution in [3.05, 3.63) is 27.7 Å². The van der Waals surface area contributed by atoms with E-state index in [0.717, 1.165) is 26.1 Å². The molecule has 1 aliphatic heterocycles. The molecule has 1 amide bonds. The van der Waals surface area contributed by atoms with Gasteiger partial charge in [-0.3, -0.25) is 4.79 Å². The van der Waals surface area contributed by atoms with Gasteiger partial charge in [0.25, 0.3) is 5.91 Å². The number of halogens is 2. The first-order valence-electron chi connectivity index (χ1n) is 6.62. The van der Waals surface area contributed by atoms with Crippen LogP contribution in [0.4, 0.5) is 5.69 Å². The van der Waals surface area contributed by atoms with E-state index >= 15 is 0 Å². The van der Waals surface area contributed by atoms with E-state index in [1.807, 2.05) is 6.92 Å². The number of nitrogens with one attached hydrogen (secondary N) is 1. The summed E-state index contributed by atoms with van der Waals surface area (Å²) in [5, 5.41) is 3.55. The van der Waals surface area contributed by atoms with Gasteiger partial charge in [-0.1, -0.05) is 23.2 Å². The number of hydrogen-bond acceptors (Lipinski definition) is 3. The van der Waals surface area contributed by atoms with Crippen LogP contribution in [-0.2, 0) is 4.74 Å². The van der Waals surface area contributed by atoms with Crippen LogP contribution in [0.1, 0.15) is 30.1 Å². The minimum Gasteiger partial charge on any atom is -0.397 e. The Morgan fingerprint density at radius 1 is 1.40 bits per heavy atom. The summed E-state index contributed by atoms with van der Waals surface area (Å²) in [6, 6.07) is 3.16. The molecule has 3 N–H and O–H groups in total. The third kappa shape index (κ3) is 3.57. The highest BCUT2D eigenvalue weighted by molar-refractivity contribution is 6.43. The standard InChI is InChI=1S/C14H18Cl2N2O2/c1-8(9-2-4-20-5-3-9)18-14(19)10-6-11(15)13(16)12(17)7-10/h6-9H,2-5,17H2,1H3,(H,18,19). The Bertz CT molecular complexity index is 479. The average molecular weight is 317 g/mol. The molecule has 1 aliphatic rings. The van der Waals surface area contributed by atoms with Gasteiger partial charge in [0, 0.05) is 24.8 Å². The molecule has 1 aromatic rings. The summed E-state index contributed by atoms with van der Waals surface area (Å²) in [4.78, 5) is 12.2. The highest BCUT2D eigenvalue weighted by Crippen LogP contribution is 2.29. The minimum atomic E-state index is -0.186. The van der Waals surface area contributed by atoms with Gasteiger partial charge in [0.2, 0.25) is 0 Å². The second-order valence-electron chi connectivity index (χ2n) is 5.07. The van der Waals surface area contributed by atoms with Crippen molar-refractivity contribution in [3.8, 4) is 0 Å². The first kappa shape index (κ1) is 15.4. The lowest BCUT2D eigenvalue weighted by Crippen LogP contribution is -2.40. The molecule has 110 valence electrons. The number of anilines is 1. The first-order chi connectivity index (χ1) is 9.49. The van der Waals surface area contributed by atoms with E-state index in [-0.39, 0.29) is 22.0 Å². The first-order valence-corrected chi connectivity index (χ1v) is 7.37. The molecule has 0 aliphatic carbocycles. The van der Waals surface area contributed by atoms with Gasteiger partial charge in [0.1, 0.15) is 0 Å². The second kappa shape index (κ2) is 6.66. The van der Waals surface area contributed by atoms with Crippen LogP contribution >= 0.6 is 23.2 Å². The van der Waals surface area contributed by atoms with Crippen LogP contribution in [0.25, 0.3) is 0 Å². The highest BCUT2D eigenvalue weighted by Gasteiger charge is 2.22. The lowest BCUT2D eigenvalue weighted by atomic mass is 9.93. The summed E-state index contributed by atoms with van der Waals surface area (Å²) in [7, 11) is 0. The molecule has 1 saturated heterocycles. The molecular formula is C14H18Cl2N2O2. The molecule has 4 nitrogen and oxygen atoms in total. The number of nitrogens with two attached hydrogens (primary N) is 1. The van der Waals surface area contributed by atoms with Crippen molar-refractivity contribution in [1.29, 1.82) is 0 Å². The van der Waals surface area contributed by atoms with Crippen LogP contribution in [0.5, 0.6) is 0 Å². The Balaban J connectivity index is 2.04. The lowest BCUT2D eigenvalue weighted by molar-refractivity contribution is 0.0538. The Hall–Kier alpha value is -0.970. The van der Waals surface area contributed by atoms with Gasteiger partial charge >= 0.3 is 0 Å². The molecule has 0 saturated carbocycles. The molecule has 1 unspecified atom stereocenters. The highest BCUT2D eigenvalue weighted by atomic mass is 35.5. The summed E-state index contributed by atoms with van der Waals surface area (Å²) in [6.45, 7) is 3.52. The third-order valence-corrected chi connectivity index (χ3v) is 4.47. The number of carbonyl (C=O) groups excluding carboxylic acids is 1. The Kier molecular flexibility index (Phi) is 5.13. The minimum absolute atomic E-state index is 0.0853. The molecule has 1 fully saturated rings. The van der Waals surface area contributed by atoms with E-state index in [1.54, 1.807) is 6.07 Å². The Morgan fingerprint density at radius 2 is 2.05 bits per heavy atom. The summed E-state index contributed by atoms with van der Waals surface area (Å²) in [5.41, 5.74) is 6.46. The fourth-order valence-electron chi connectivity index (χ4n) is 2.37. The zero-order valence-electron chi connectivity index (χ0n) is 11.3. The maximum absolute atomic E-state index is 12.2. The SMILES string of the molecule is CC(NC(=O)c1cc(N)c(Cl)c(Cl)c1)C1CCOCC1. The monoisotopic (exact) mass is 316 g/mol. The number of amides is 1. The van der Waals surface area contributed by atoms with Gasteiger partial charge in [-0.15, -0.1) is 0 Å². The Labute approximate surface area is 128 Å². The van der Waals surface area contributed by atoms with Crippen molar-refractivity contribution in [2.75, 3.05) is 18.9 Å². The summed E-state index contributed by atoms with van der Waals surface area (Å²) < 4.78 is 5.32. The number of hydrogen-bond donors (Lipinski definition) is 2. The molecule has 1 heterocycles. The summed E-state index contributed by atoms with van der Waals surface area (Å²) >= 11 is 11.8. The number of ether oxygens (including phenoxy) is 1. The average Bonchev–Trinajstić information content (AvgIpc) is 2.45. The maximum Gasteiger partial charge on any atom is 0.251 e. The van der Waals surface area contributed by atoms with Crippen LogP contribution in [0.2, 0.25) is 10.0 Å². The number of nitrogen functional groups attached to an aromatic ring is 1. The number of carbonyl (C=O) groups is 1. The second-order valence-corrected chi connectivity index (χ2v) is 5.86. The van der Waals surface area contributed by atoms with Gasteiger partial charge < -0.3 is 15.8 Å². The van der Waals surface area contributed by atoms with Gasteiger partial charge in [-0.05, 0) is 37.8 Å². The van der Waals surface area contributed by atoms with Crippen LogP contribution < -0.4 is 11.1 Å². The van der Waals surface area contributed by atoms with Crippen molar-refractivity contribution in [1.82, 2.24) is 5.32 Å². The molecule has 0 bridgehead atoms. The van der Waals surface area contributed by atoms with Gasteiger partial charge in [-0.25, -0.2) is 0 Å². The number of benzene rings is 1. The summed E-state index contributed by atoms with van der Waals surface area (Å²) in [5.74, 6) is 0.252. The molecule has 0 radical (unpaired) electrons. The lowest BCUT2D eigenvalue weighted by Gasteiger charge is -2.28. The van der Waals surface area contributed by atoms with Gasteiger partial charge in [-0.2, -0.15) is 0 Å². The van der Waals surface area contributed by atoms with Gasteiger partial charge in [0.15, 0.2) is 0 Å². The van der Waals surface area contributed by atoms with E-state index < -0.39 is 0 Å². The predicted molar refractivity (Wildman–Crippen MR) is 81.3 cm³/mol. The maximum atomic E-state index is 12.2. The topological polar surface area (TPSA) is 64.4 Å². The number of rotatable bonds is 3. The zero-order valence-corrected chi connectivity index (χ0v) is 12.8. The van der Waals surface area contributed by atoms with Crippen LogP contribution in [0, 0.1) is 5.92 Å². The van der Waals surface area contributed by atoms with Crippen molar-refractivity contribution in [2.24, 2.45) is 5.92 Å². The molecule has 6 heteroatoms. The fraction of sp³-hybridized carbons (Fsp3) is 0.500.